The molecule has 0 saturated carbocycles. The fourth-order valence-corrected chi connectivity index (χ4v) is 0.963. The minimum Gasteiger partial charge on any atom is -0.377 e. The van der Waals surface area contributed by atoms with Crippen molar-refractivity contribution in [3.63, 3.8) is 0 Å². The Morgan fingerprint density at radius 1 is 1.71 bits per heavy atom. The van der Waals surface area contributed by atoms with Crippen molar-refractivity contribution in [1.29, 1.82) is 0 Å². The Morgan fingerprint density at radius 2 is 2.43 bits per heavy atom. The van der Waals surface area contributed by atoms with Crippen molar-refractivity contribution in [1.82, 2.24) is 14.9 Å². The fraction of sp³-hybridized carbons (Fsp3) is 0.375. The standard InChI is InChI=1S/C8H11ClN4O/c1-4-7(9)12-13-6(2)10-11-8(13)5-14-3/h4H,1,5H2,2-3H3/b12-7+. The average Bonchev–Trinajstić information content (AvgIpc) is 2.50. The third-order valence-electron chi connectivity index (χ3n) is 1.50. The Labute approximate surface area is 87.0 Å². The molecule has 0 aliphatic carbocycles. The van der Waals surface area contributed by atoms with Crippen molar-refractivity contribution in [3.05, 3.63) is 24.3 Å². The Bertz CT molecular complexity index is 358. The molecule has 0 aromatic carbocycles. The van der Waals surface area contributed by atoms with E-state index < -0.39 is 0 Å². The maximum absolute atomic E-state index is 5.72. The first-order valence-electron chi connectivity index (χ1n) is 3.95. The average molecular weight is 215 g/mol. The van der Waals surface area contributed by atoms with Crippen LogP contribution in [0.2, 0.25) is 0 Å². The molecule has 1 aromatic heterocycles. The summed E-state index contributed by atoms with van der Waals surface area (Å²) in [5.74, 6) is 1.25. The predicted molar refractivity (Wildman–Crippen MR) is 54.4 cm³/mol. The number of nitrogens with zero attached hydrogens (tertiary/aromatic N) is 4. The molecule has 0 amide bonds. The van der Waals surface area contributed by atoms with Crippen LogP contribution >= 0.6 is 11.6 Å². The first-order valence-corrected chi connectivity index (χ1v) is 4.33. The van der Waals surface area contributed by atoms with Gasteiger partial charge in [0.1, 0.15) is 11.8 Å². The van der Waals surface area contributed by atoms with Crippen LogP contribution in [0.5, 0.6) is 0 Å². The summed E-state index contributed by atoms with van der Waals surface area (Å²) in [5.41, 5.74) is 0. The maximum Gasteiger partial charge on any atom is 0.180 e. The van der Waals surface area contributed by atoms with Gasteiger partial charge in [-0.15, -0.1) is 10.2 Å². The van der Waals surface area contributed by atoms with Crippen molar-refractivity contribution in [2.45, 2.75) is 13.5 Å². The number of hydrogen-bond acceptors (Lipinski definition) is 4. The summed E-state index contributed by atoms with van der Waals surface area (Å²) in [6, 6.07) is 0. The van der Waals surface area contributed by atoms with Crippen LogP contribution in [0.3, 0.4) is 0 Å². The van der Waals surface area contributed by atoms with Gasteiger partial charge in [-0.3, -0.25) is 0 Å². The summed E-state index contributed by atoms with van der Waals surface area (Å²) in [4.78, 5) is 0. The summed E-state index contributed by atoms with van der Waals surface area (Å²) < 4.78 is 6.46. The molecule has 0 aliphatic rings. The molecular formula is C8H11ClN4O. The van der Waals surface area contributed by atoms with E-state index in [1.54, 1.807) is 14.0 Å². The van der Waals surface area contributed by atoms with Crippen LogP contribution in [0.1, 0.15) is 11.6 Å². The molecule has 6 heteroatoms. The monoisotopic (exact) mass is 214 g/mol. The number of methoxy groups -OCH3 is 1. The van der Waals surface area contributed by atoms with Crippen molar-refractivity contribution >= 4 is 16.8 Å². The van der Waals surface area contributed by atoms with E-state index in [1.165, 1.54) is 10.8 Å². The molecule has 1 rings (SSSR count). The second kappa shape index (κ2) is 4.88. The molecular weight excluding hydrogens is 204 g/mol. The highest BCUT2D eigenvalue weighted by molar-refractivity contribution is 6.68. The Balaban J connectivity index is 3.04. The molecule has 0 bridgehead atoms. The van der Waals surface area contributed by atoms with Crippen molar-refractivity contribution < 1.29 is 4.74 Å². The largest absolute Gasteiger partial charge is 0.377 e. The van der Waals surface area contributed by atoms with E-state index in [0.29, 0.717) is 18.3 Å². The normalized spacial score (nSPS) is 11.8. The van der Waals surface area contributed by atoms with Crippen molar-refractivity contribution in [2.75, 3.05) is 7.11 Å². The number of halogens is 1. The number of aryl methyl sites for hydroxylation is 1. The molecule has 14 heavy (non-hydrogen) atoms. The summed E-state index contributed by atoms with van der Waals surface area (Å²) in [5, 5.41) is 12.1. The van der Waals surface area contributed by atoms with Gasteiger partial charge in [-0.2, -0.15) is 9.78 Å². The van der Waals surface area contributed by atoms with Gasteiger partial charge in [0.25, 0.3) is 0 Å². The van der Waals surface area contributed by atoms with Gasteiger partial charge in [-0.1, -0.05) is 18.2 Å². The quantitative estimate of drug-likeness (QED) is 0.711. The number of hydrogen-bond donors (Lipinski definition) is 0. The third kappa shape index (κ3) is 2.40. The molecule has 1 heterocycles. The second-order valence-corrected chi connectivity index (χ2v) is 2.92. The van der Waals surface area contributed by atoms with Gasteiger partial charge in [-0.25, -0.2) is 0 Å². The van der Waals surface area contributed by atoms with Crippen LogP contribution in [0.25, 0.3) is 0 Å². The van der Waals surface area contributed by atoms with Gasteiger partial charge in [-0.05, 0) is 13.0 Å². The number of ether oxygens (including phenoxy) is 1. The van der Waals surface area contributed by atoms with Crippen LogP contribution in [0.4, 0.5) is 0 Å². The highest BCUT2D eigenvalue weighted by Crippen LogP contribution is 2.03. The lowest BCUT2D eigenvalue weighted by molar-refractivity contribution is 0.174. The lowest BCUT2D eigenvalue weighted by atomic mass is 10.6. The first kappa shape index (κ1) is 10.9. The van der Waals surface area contributed by atoms with Crippen LogP contribution < -0.4 is 0 Å². The number of aromatic nitrogens is 3. The number of allylic oxidation sites excluding steroid dienone is 1. The Morgan fingerprint density at radius 3 is 3.00 bits per heavy atom. The van der Waals surface area contributed by atoms with Gasteiger partial charge in [0.2, 0.25) is 0 Å². The van der Waals surface area contributed by atoms with Crippen molar-refractivity contribution in [2.24, 2.45) is 5.10 Å². The molecule has 0 unspecified atom stereocenters. The van der Waals surface area contributed by atoms with Gasteiger partial charge in [0, 0.05) is 7.11 Å². The molecule has 0 aliphatic heterocycles. The first-order chi connectivity index (χ1) is 6.69. The van der Waals surface area contributed by atoms with Crippen LogP contribution in [-0.4, -0.2) is 27.2 Å². The van der Waals surface area contributed by atoms with Crippen molar-refractivity contribution in [3.8, 4) is 0 Å². The van der Waals surface area contributed by atoms with E-state index in [4.69, 9.17) is 16.3 Å². The van der Waals surface area contributed by atoms with E-state index >= 15 is 0 Å². The van der Waals surface area contributed by atoms with Crippen LogP contribution in [0.15, 0.2) is 17.8 Å². The zero-order chi connectivity index (χ0) is 10.6. The molecule has 1 aromatic rings. The fourth-order valence-electron chi connectivity index (χ4n) is 0.887. The highest BCUT2D eigenvalue weighted by atomic mass is 35.5. The molecule has 0 spiro atoms. The minimum atomic E-state index is 0.283. The summed E-state index contributed by atoms with van der Waals surface area (Å²) in [6.45, 7) is 5.62. The van der Waals surface area contributed by atoms with Gasteiger partial charge < -0.3 is 4.74 Å². The molecule has 0 saturated heterocycles. The molecule has 0 fully saturated rings. The molecule has 76 valence electrons. The summed E-state index contributed by atoms with van der Waals surface area (Å²) >= 11 is 5.72. The SMILES string of the molecule is C=C/C(Cl)=N\n1c(C)nnc1COC. The summed E-state index contributed by atoms with van der Waals surface area (Å²) in [7, 11) is 1.58. The number of rotatable bonds is 4. The van der Waals surface area contributed by atoms with Gasteiger partial charge in [0.15, 0.2) is 11.6 Å². The smallest absolute Gasteiger partial charge is 0.180 e. The van der Waals surface area contributed by atoms with Gasteiger partial charge in [0.05, 0.1) is 0 Å². The Hall–Kier alpha value is -1.20. The third-order valence-corrected chi connectivity index (χ3v) is 1.73. The van der Waals surface area contributed by atoms with E-state index in [0.717, 1.165) is 0 Å². The zero-order valence-electron chi connectivity index (χ0n) is 8.07. The summed E-state index contributed by atoms with van der Waals surface area (Å²) in [6.07, 6.45) is 1.44. The maximum atomic E-state index is 5.72. The van der Waals surface area contributed by atoms with Crippen LogP contribution in [-0.2, 0) is 11.3 Å². The van der Waals surface area contributed by atoms with Gasteiger partial charge >= 0.3 is 0 Å². The predicted octanol–water partition coefficient (Wildman–Crippen LogP) is 1.32. The topological polar surface area (TPSA) is 52.3 Å². The van der Waals surface area contributed by atoms with Crippen LogP contribution in [0, 0.1) is 6.92 Å². The molecule has 0 radical (unpaired) electrons. The lowest BCUT2D eigenvalue weighted by Crippen LogP contribution is -2.02. The molecule has 0 N–H and O–H groups in total. The zero-order valence-corrected chi connectivity index (χ0v) is 8.82. The van der Waals surface area contributed by atoms with E-state index in [9.17, 15) is 0 Å². The van der Waals surface area contributed by atoms with E-state index in [2.05, 4.69) is 21.9 Å². The molecule has 5 nitrogen and oxygen atoms in total. The molecule has 0 atom stereocenters. The minimum absolute atomic E-state index is 0.283. The van der Waals surface area contributed by atoms with E-state index in [-0.39, 0.29) is 5.17 Å². The lowest BCUT2D eigenvalue weighted by Gasteiger charge is -2.00. The highest BCUT2D eigenvalue weighted by Gasteiger charge is 2.07. The Kier molecular flexibility index (Phi) is 3.79. The van der Waals surface area contributed by atoms with E-state index in [1.807, 2.05) is 0 Å². The second-order valence-electron chi connectivity index (χ2n) is 2.54.